The molecule has 1 aromatic heterocycles. The summed E-state index contributed by atoms with van der Waals surface area (Å²) in [6, 6.07) is 10.4. The molecule has 0 aliphatic heterocycles. The van der Waals surface area contributed by atoms with E-state index in [0.29, 0.717) is 5.56 Å². The average Bonchev–Trinajstić information content (AvgIpc) is 2.85. The lowest BCUT2D eigenvalue weighted by atomic mass is 10.1. The van der Waals surface area contributed by atoms with Gasteiger partial charge in [0, 0.05) is 6.04 Å². The normalized spacial score (nSPS) is 11.8. The minimum atomic E-state index is 0.219. The highest BCUT2D eigenvalue weighted by molar-refractivity contribution is 7.07. The van der Waals surface area contributed by atoms with Crippen molar-refractivity contribution in [3.8, 4) is 6.07 Å². The van der Waals surface area contributed by atoms with E-state index in [1.165, 1.54) is 5.56 Å². The second kappa shape index (κ2) is 5.03. The van der Waals surface area contributed by atoms with Gasteiger partial charge in [0.1, 0.15) is 6.07 Å². The van der Waals surface area contributed by atoms with Crippen molar-refractivity contribution in [2.24, 2.45) is 0 Å². The third-order valence-electron chi connectivity index (χ3n) is 2.71. The third-order valence-corrected chi connectivity index (χ3v) is 3.41. The first-order valence-electron chi connectivity index (χ1n) is 5.50. The van der Waals surface area contributed by atoms with Crippen LogP contribution in [0.2, 0.25) is 0 Å². The van der Waals surface area contributed by atoms with Crippen molar-refractivity contribution in [3.63, 3.8) is 0 Å². The molecule has 2 aromatic rings. The van der Waals surface area contributed by atoms with E-state index in [9.17, 15) is 0 Å². The quantitative estimate of drug-likeness (QED) is 0.879. The van der Waals surface area contributed by atoms with Crippen molar-refractivity contribution in [1.82, 2.24) is 0 Å². The number of anilines is 1. The first-order chi connectivity index (χ1) is 8.20. The maximum atomic E-state index is 9.10. The molecule has 0 aliphatic rings. The topological polar surface area (TPSA) is 35.8 Å². The molecule has 0 fully saturated rings. The van der Waals surface area contributed by atoms with E-state index < -0.39 is 0 Å². The van der Waals surface area contributed by atoms with Gasteiger partial charge in [-0.1, -0.05) is 6.07 Å². The SMILES string of the molecule is Cc1ccc(NC(C)c2ccsc2)c(C#N)c1. The standard InChI is InChI=1S/C14H14N2S/c1-10-3-4-14(13(7-10)8-15)16-11(2)12-5-6-17-9-12/h3-7,9,11,16H,1-2H3. The molecule has 0 aliphatic carbocycles. The molecule has 3 heteroatoms. The van der Waals surface area contributed by atoms with Gasteiger partial charge in [-0.3, -0.25) is 0 Å². The molecule has 1 unspecified atom stereocenters. The van der Waals surface area contributed by atoms with Gasteiger partial charge in [0.25, 0.3) is 0 Å². The van der Waals surface area contributed by atoms with E-state index in [4.69, 9.17) is 5.26 Å². The van der Waals surface area contributed by atoms with Crippen LogP contribution in [0.3, 0.4) is 0 Å². The number of rotatable bonds is 3. The zero-order valence-electron chi connectivity index (χ0n) is 9.90. The Bertz CT molecular complexity index is 538. The second-order valence-electron chi connectivity index (χ2n) is 4.08. The Morgan fingerprint density at radius 3 is 2.82 bits per heavy atom. The van der Waals surface area contributed by atoms with E-state index in [1.807, 2.05) is 25.1 Å². The molecule has 2 nitrogen and oxygen atoms in total. The lowest BCUT2D eigenvalue weighted by Crippen LogP contribution is -2.06. The highest BCUT2D eigenvalue weighted by Crippen LogP contribution is 2.24. The zero-order valence-corrected chi connectivity index (χ0v) is 10.7. The summed E-state index contributed by atoms with van der Waals surface area (Å²) in [5.74, 6) is 0. The fourth-order valence-electron chi connectivity index (χ4n) is 1.71. The highest BCUT2D eigenvalue weighted by atomic mass is 32.1. The van der Waals surface area contributed by atoms with E-state index in [-0.39, 0.29) is 6.04 Å². The largest absolute Gasteiger partial charge is 0.377 e. The summed E-state index contributed by atoms with van der Waals surface area (Å²) in [7, 11) is 0. The van der Waals surface area contributed by atoms with Crippen LogP contribution >= 0.6 is 11.3 Å². The fourth-order valence-corrected chi connectivity index (χ4v) is 2.47. The van der Waals surface area contributed by atoms with Crippen molar-refractivity contribution in [2.75, 3.05) is 5.32 Å². The fraction of sp³-hybridized carbons (Fsp3) is 0.214. The molecule has 0 amide bonds. The first-order valence-corrected chi connectivity index (χ1v) is 6.44. The van der Waals surface area contributed by atoms with E-state index in [2.05, 4.69) is 35.1 Å². The minimum absolute atomic E-state index is 0.219. The van der Waals surface area contributed by atoms with Crippen LogP contribution in [0.25, 0.3) is 0 Å². The molecule has 0 bridgehead atoms. The second-order valence-corrected chi connectivity index (χ2v) is 4.86. The van der Waals surface area contributed by atoms with Gasteiger partial charge in [0.15, 0.2) is 0 Å². The Kier molecular flexibility index (Phi) is 3.46. The van der Waals surface area contributed by atoms with Gasteiger partial charge in [-0.05, 0) is 53.9 Å². The molecular formula is C14H14N2S. The number of hydrogen-bond donors (Lipinski definition) is 1. The molecule has 1 N–H and O–H groups in total. The number of nitrogens with one attached hydrogen (secondary N) is 1. The van der Waals surface area contributed by atoms with Crippen LogP contribution in [-0.4, -0.2) is 0 Å². The number of nitriles is 1. The molecule has 86 valence electrons. The van der Waals surface area contributed by atoms with Gasteiger partial charge < -0.3 is 5.32 Å². The number of thiophene rings is 1. The summed E-state index contributed by atoms with van der Waals surface area (Å²) in [5, 5.41) is 16.7. The average molecular weight is 242 g/mol. The smallest absolute Gasteiger partial charge is 0.101 e. The van der Waals surface area contributed by atoms with Crippen LogP contribution in [-0.2, 0) is 0 Å². The van der Waals surface area contributed by atoms with Crippen molar-refractivity contribution >= 4 is 17.0 Å². The molecule has 0 spiro atoms. The molecule has 0 saturated heterocycles. The Balaban J connectivity index is 2.22. The monoisotopic (exact) mass is 242 g/mol. The predicted molar refractivity (Wildman–Crippen MR) is 72.3 cm³/mol. The lowest BCUT2D eigenvalue weighted by Gasteiger charge is -2.15. The Hall–Kier alpha value is -1.79. The van der Waals surface area contributed by atoms with Crippen LogP contribution < -0.4 is 5.32 Å². The van der Waals surface area contributed by atoms with Gasteiger partial charge in [0.2, 0.25) is 0 Å². The number of nitrogens with zero attached hydrogens (tertiary/aromatic N) is 1. The lowest BCUT2D eigenvalue weighted by molar-refractivity contribution is 0.889. The first kappa shape index (κ1) is 11.7. The van der Waals surface area contributed by atoms with Crippen molar-refractivity contribution in [3.05, 3.63) is 51.7 Å². The zero-order chi connectivity index (χ0) is 12.3. The maximum Gasteiger partial charge on any atom is 0.101 e. The molecule has 0 radical (unpaired) electrons. The number of hydrogen-bond acceptors (Lipinski definition) is 3. The Morgan fingerprint density at radius 1 is 1.35 bits per heavy atom. The number of aryl methyl sites for hydroxylation is 1. The molecular weight excluding hydrogens is 228 g/mol. The summed E-state index contributed by atoms with van der Waals surface area (Å²) in [5.41, 5.74) is 3.96. The van der Waals surface area contributed by atoms with Gasteiger partial charge in [0.05, 0.1) is 11.3 Å². The third kappa shape index (κ3) is 2.66. The maximum absolute atomic E-state index is 9.10. The summed E-state index contributed by atoms with van der Waals surface area (Å²) >= 11 is 1.69. The molecule has 1 heterocycles. The summed E-state index contributed by atoms with van der Waals surface area (Å²) in [6.45, 7) is 4.09. The summed E-state index contributed by atoms with van der Waals surface area (Å²) in [6.07, 6.45) is 0. The summed E-state index contributed by atoms with van der Waals surface area (Å²) < 4.78 is 0. The predicted octanol–water partition coefficient (Wildman–Crippen LogP) is 4.10. The van der Waals surface area contributed by atoms with E-state index in [1.54, 1.807) is 11.3 Å². The van der Waals surface area contributed by atoms with Crippen LogP contribution in [0.4, 0.5) is 5.69 Å². The Morgan fingerprint density at radius 2 is 2.18 bits per heavy atom. The highest BCUT2D eigenvalue weighted by Gasteiger charge is 2.08. The molecule has 2 rings (SSSR count). The van der Waals surface area contributed by atoms with Gasteiger partial charge in [-0.2, -0.15) is 16.6 Å². The van der Waals surface area contributed by atoms with Crippen molar-refractivity contribution in [1.29, 1.82) is 5.26 Å². The van der Waals surface area contributed by atoms with Crippen LogP contribution in [0.1, 0.15) is 29.7 Å². The minimum Gasteiger partial charge on any atom is -0.377 e. The van der Waals surface area contributed by atoms with Gasteiger partial charge in [-0.25, -0.2) is 0 Å². The van der Waals surface area contributed by atoms with Crippen LogP contribution in [0.5, 0.6) is 0 Å². The molecule has 1 atom stereocenters. The van der Waals surface area contributed by atoms with Crippen LogP contribution in [0.15, 0.2) is 35.0 Å². The van der Waals surface area contributed by atoms with E-state index >= 15 is 0 Å². The molecule has 1 aromatic carbocycles. The van der Waals surface area contributed by atoms with Gasteiger partial charge >= 0.3 is 0 Å². The van der Waals surface area contributed by atoms with Crippen molar-refractivity contribution in [2.45, 2.75) is 19.9 Å². The van der Waals surface area contributed by atoms with Gasteiger partial charge in [-0.15, -0.1) is 0 Å². The van der Waals surface area contributed by atoms with Crippen molar-refractivity contribution < 1.29 is 0 Å². The number of benzene rings is 1. The molecule has 0 saturated carbocycles. The summed E-state index contributed by atoms with van der Waals surface area (Å²) in [4.78, 5) is 0. The molecule has 17 heavy (non-hydrogen) atoms. The van der Waals surface area contributed by atoms with E-state index in [0.717, 1.165) is 11.3 Å². The van der Waals surface area contributed by atoms with Crippen LogP contribution in [0, 0.1) is 18.3 Å². The Labute approximate surface area is 106 Å².